The average Bonchev–Trinajstić information content (AvgIpc) is 2.40. The van der Waals surface area contributed by atoms with Crippen LogP contribution in [0, 0.1) is 13.8 Å². The molecule has 0 atom stereocenters. The highest BCUT2D eigenvalue weighted by Gasteiger charge is 2.34. The zero-order valence-corrected chi connectivity index (χ0v) is 14.0. The van der Waals surface area contributed by atoms with Gasteiger partial charge in [-0.25, -0.2) is 0 Å². The highest BCUT2D eigenvalue weighted by Crippen LogP contribution is 2.39. The summed E-state index contributed by atoms with van der Waals surface area (Å²) < 4.78 is 0. The van der Waals surface area contributed by atoms with Crippen LogP contribution in [0.1, 0.15) is 69.6 Å². The van der Waals surface area contributed by atoms with E-state index in [9.17, 15) is 0 Å². The molecule has 2 rings (SSSR count). The molecule has 1 N–H and O–H groups in total. The molecule has 1 nitrogen and oxygen atoms in total. The number of nitrogens with one attached hydrogen (secondary N) is 1. The third-order valence-corrected chi connectivity index (χ3v) is 4.89. The Balaban J connectivity index is 2.28. The van der Waals surface area contributed by atoms with E-state index in [0.29, 0.717) is 5.41 Å². The summed E-state index contributed by atoms with van der Waals surface area (Å²) in [6.07, 6.45) is 6.82. The number of hydrogen-bond acceptors (Lipinski definition) is 1. The first-order valence-electron chi connectivity index (χ1n) is 8.15. The normalized spacial score (nSPS) is 19.1. The fourth-order valence-electron chi connectivity index (χ4n) is 3.30. The quantitative estimate of drug-likeness (QED) is 0.826. The summed E-state index contributed by atoms with van der Waals surface area (Å²) in [5, 5.41) is 3.76. The molecule has 0 heterocycles. The third kappa shape index (κ3) is 3.63. The monoisotopic (exact) mass is 273 g/mol. The van der Waals surface area contributed by atoms with Crippen molar-refractivity contribution in [1.82, 2.24) is 5.32 Å². The van der Waals surface area contributed by atoms with Crippen LogP contribution in [0.4, 0.5) is 0 Å². The molecule has 0 amide bonds. The summed E-state index contributed by atoms with van der Waals surface area (Å²) in [6.45, 7) is 12.4. The van der Waals surface area contributed by atoms with Crippen molar-refractivity contribution in [2.24, 2.45) is 0 Å². The number of benzene rings is 1. The van der Waals surface area contributed by atoms with Crippen molar-refractivity contribution in [3.63, 3.8) is 0 Å². The maximum absolute atomic E-state index is 3.76. The number of hydrogen-bond donors (Lipinski definition) is 1. The van der Waals surface area contributed by atoms with E-state index in [-0.39, 0.29) is 5.54 Å². The van der Waals surface area contributed by atoms with E-state index < -0.39 is 0 Å². The van der Waals surface area contributed by atoms with Crippen LogP contribution in [0.3, 0.4) is 0 Å². The standard InChI is InChI=1S/C19H31N/c1-15-9-10-17(13-16(15)2)19(11-7-6-8-12-19)14-20-18(3,4)5/h9-10,13,20H,6-8,11-12,14H2,1-5H3. The van der Waals surface area contributed by atoms with Crippen molar-refractivity contribution < 1.29 is 0 Å². The Kier molecular flexibility index (Phi) is 4.59. The van der Waals surface area contributed by atoms with Gasteiger partial charge in [0, 0.05) is 17.5 Å². The first-order valence-corrected chi connectivity index (χ1v) is 8.15. The highest BCUT2D eigenvalue weighted by molar-refractivity contribution is 5.35. The lowest BCUT2D eigenvalue weighted by Crippen LogP contribution is -2.47. The Hall–Kier alpha value is -0.820. The van der Waals surface area contributed by atoms with Crippen LogP contribution in [0.5, 0.6) is 0 Å². The van der Waals surface area contributed by atoms with Gasteiger partial charge >= 0.3 is 0 Å². The van der Waals surface area contributed by atoms with Crippen LogP contribution < -0.4 is 5.32 Å². The predicted octanol–water partition coefficient (Wildman–Crippen LogP) is 4.89. The van der Waals surface area contributed by atoms with Gasteiger partial charge in [0.1, 0.15) is 0 Å². The molecule has 0 spiro atoms. The lowest BCUT2D eigenvalue weighted by molar-refractivity contribution is 0.253. The van der Waals surface area contributed by atoms with Gasteiger partial charge in [-0.15, -0.1) is 0 Å². The second kappa shape index (κ2) is 5.89. The van der Waals surface area contributed by atoms with Crippen molar-refractivity contribution in [2.45, 2.75) is 77.7 Å². The van der Waals surface area contributed by atoms with Gasteiger partial charge in [-0.1, -0.05) is 37.5 Å². The van der Waals surface area contributed by atoms with E-state index in [1.54, 1.807) is 5.56 Å². The average molecular weight is 273 g/mol. The Morgan fingerprint density at radius 1 is 1.00 bits per heavy atom. The van der Waals surface area contributed by atoms with Crippen molar-refractivity contribution in [3.8, 4) is 0 Å². The van der Waals surface area contributed by atoms with Crippen molar-refractivity contribution >= 4 is 0 Å². The molecule has 20 heavy (non-hydrogen) atoms. The fraction of sp³-hybridized carbons (Fsp3) is 0.684. The molecule has 1 aliphatic carbocycles. The van der Waals surface area contributed by atoms with E-state index in [4.69, 9.17) is 0 Å². The van der Waals surface area contributed by atoms with E-state index in [1.165, 1.54) is 43.2 Å². The molecule has 1 aromatic carbocycles. The van der Waals surface area contributed by atoms with Gasteiger partial charge in [-0.05, 0) is 64.2 Å². The fourth-order valence-corrected chi connectivity index (χ4v) is 3.30. The SMILES string of the molecule is Cc1ccc(C2(CNC(C)(C)C)CCCCC2)cc1C. The molecule has 1 fully saturated rings. The minimum absolute atomic E-state index is 0.199. The summed E-state index contributed by atoms with van der Waals surface area (Å²) >= 11 is 0. The molecule has 0 saturated heterocycles. The maximum atomic E-state index is 3.76. The highest BCUT2D eigenvalue weighted by atomic mass is 15.0. The van der Waals surface area contributed by atoms with Crippen molar-refractivity contribution in [2.75, 3.05) is 6.54 Å². The minimum Gasteiger partial charge on any atom is -0.311 e. The van der Waals surface area contributed by atoms with Crippen LogP contribution in [-0.2, 0) is 5.41 Å². The molecule has 112 valence electrons. The minimum atomic E-state index is 0.199. The van der Waals surface area contributed by atoms with E-state index in [0.717, 1.165) is 6.54 Å². The molecule has 0 radical (unpaired) electrons. The summed E-state index contributed by atoms with van der Waals surface area (Å²) in [4.78, 5) is 0. The van der Waals surface area contributed by atoms with Crippen LogP contribution in [0.15, 0.2) is 18.2 Å². The van der Waals surface area contributed by atoms with Crippen LogP contribution >= 0.6 is 0 Å². The molecule has 0 aliphatic heterocycles. The lowest BCUT2D eigenvalue weighted by Gasteiger charge is -2.40. The predicted molar refractivity (Wildman–Crippen MR) is 88.4 cm³/mol. The van der Waals surface area contributed by atoms with E-state index in [1.807, 2.05) is 0 Å². The van der Waals surface area contributed by atoms with Crippen molar-refractivity contribution in [3.05, 3.63) is 34.9 Å². The molecule has 0 bridgehead atoms. The number of rotatable bonds is 3. The molecule has 1 heteroatoms. The Labute approximate surface area is 125 Å². The number of aryl methyl sites for hydroxylation is 2. The van der Waals surface area contributed by atoms with Crippen LogP contribution in [0.2, 0.25) is 0 Å². The first kappa shape index (κ1) is 15.6. The van der Waals surface area contributed by atoms with Gasteiger partial charge in [0.25, 0.3) is 0 Å². The summed E-state index contributed by atoms with van der Waals surface area (Å²) in [7, 11) is 0. The largest absolute Gasteiger partial charge is 0.311 e. The molecule has 1 saturated carbocycles. The smallest absolute Gasteiger partial charge is 0.00968 e. The van der Waals surface area contributed by atoms with Crippen molar-refractivity contribution in [1.29, 1.82) is 0 Å². The zero-order chi connectivity index (χ0) is 14.8. The van der Waals surface area contributed by atoms with E-state index >= 15 is 0 Å². The summed E-state index contributed by atoms with van der Waals surface area (Å²) in [5.41, 5.74) is 4.94. The van der Waals surface area contributed by atoms with E-state index in [2.05, 4.69) is 58.1 Å². The molecular formula is C19H31N. The molecule has 1 aromatic rings. The molecular weight excluding hydrogens is 242 g/mol. The zero-order valence-electron chi connectivity index (χ0n) is 14.0. The van der Waals surface area contributed by atoms with Crippen LogP contribution in [-0.4, -0.2) is 12.1 Å². The second-order valence-electron chi connectivity index (χ2n) is 7.74. The molecule has 0 aromatic heterocycles. The Morgan fingerprint density at radius 3 is 2.20 bits per heavy atom. The van der Waals surface area contributed by atoms with Gasteiger partial charge in [-0.3, -0.25) is 0 Å². The summed E-state index contributed by atoms with van der Waals surface area (Å²) in [5.74, 6) is 0. The Morgan fingerprint density at radius 2 is 1.65 bits per heavy atom. The van der Waals surface area contributed by atoms with Crippen LogP contribution in [0.25, 0.3) is 0 Å². The third-order valence-electron chi connectivity index (χ3n) is 4.89. The first-order chi connectivity index (χ1) is 9.32. The summed E-state index contributed by atoms with van der Waals surface area (Å²) in [6, 6.07) is 7.11. The lowest BCUT2D eigenvalue weighted by atomic mass is 9.68. The maximum Gasteiger partial charge on any atom is 0.00968 e. The molecule has 1 aliphatic rings. The van der Waals surface area contributed by atoms with Gasteiger partial charge in [0.05, 0.1) is 0 Å². The van der Waals surface area contributed by atoms with Gasteiger partial charge in [-0.2, -0.15) is 0 Å². The van der Waals surface area contributed by atoms with Gasteiger partial charge in [0.15, 0.2) is 0 Å². The molecule has 0 unspecified atom stereocenters. The van der Waals surface area contributed by atoms with Gasteiger partial charge < -0.3 is 5.32 Å². The van der Waals surface area contributed by atoms with Gasteiger partial charge in [0.2, 0.25) is 0 Å². The Bertz CT molecular complexity index is 447. The second-order valence-corrected chi connectivity index (χ2v) is 7.74. The topological polar surface area (TPSA) is 12.0 Å².